The third kappa shape index (κ3) is 4.53. The van der Waals surface area contributed by atoms with Crippen molar-refractivity contribution in [2.75, 3.05) is 19.6 Å². The van der Waals surface area contributed by atoms with Crippen LogP contribution in [0.3, 0.4) is 0 Å². The molecule has 0 bridgehead atoms. The van der Waals surface area contributed by atoms with Crippen LogP contribution in [0, 0.1) is 0 Å². The second-order valence-corrected chi connectivity index (χ2v) is 9.16. The van der Waals surface area contributed by atoms with E-state index in [0.29, 0.717) is 24.7 Å². The van der Waals surface area contributed by atoms with Gasteiger partial charge >= 0.3 is 0 Å². The zero-order valence-corrected chi connectivity index (χ0v) is 18.7. The normalized spacial score (nSPS) is 19.7. The van der Waals surface area contributed by atoms with Crippen molar-refractivity contribution in [3.63, 3.8) is 0 Å². The molecule has 0 N–H and O–H groups in total. The van der Waals surface area contributed by atoms with E-state index in [0.717, 1.165) is 56.7 Å². The lowest BCUT2D eigenvalue weighted by molar-refractivity contribution is -0.132. The Balaban J connectivity index is 1.23. The molecule has 7 nitrogen and oxygen atoms in total. The zero-order valence-electron chi connectivity index (χ0n) is 18.7. The molecule has 1 atom stereocenters. The summed E-state index contributed by atoms with van der Waals surface area (Å²) in [4.78, 5) is 26.1. The Kier molecular flexibility index (Phi) is 6.17. The summed E-state index contributed by atoms with van der Waals surface area (Å²) in [6, 6.07) is 10.7. The fourth-order valence-electron chi connectivity index (χ4n) is 4.97. The molecule has 1 aliphatic heterocycles. The largest absolute Gasteiger partial charge is 0.339 e. The number of benzene rings is 1. The number of aromatic nitrogens is 3. The Labute approximate surface area is 188 Å². The standard InChI is InChI=1S/C25H31N5O2/c1-18(31)30(15-12-23-27-25(32-28-23)20-7-3-8-20)22-11-5-14-29(17-22)16-21-9-2-6-19-10-4-13-26-24(19)21/h2,4,6,9-10,13,20,22H,3,5,7-8,11-12,14-17H2,1H3. The van der Waals surface area contributed by atoms with Gasteiger partial charge in [0.2, 0.25) is 11.8 Å². The van der Waals surface area contributed by atoms with Crippen molar-refractivity contribution in [2.45, 2.75) is 64.0 Å². The Hall–Kier alpha value is -2.80. The number of fused-ring (bicyclic) bond motifs is 1. The maximum absolute atomic E-state index is 12.5. The van der Waals surface area contributed by atoms with Crippen LogP contribution in [0.15, 0.2) is 41.1 Å². The lowest BCUT2D eigenvalue weighted by Gasteiger charge is -2.39. The lowest BCUT2D eigenvalue weighted by atomic mass is 9.85. The first-order valence-electron chi connectivity index (χ1n) is 11.8. The highest BCUT2D eigenvalue weighted by atomic mass is 16.5. The van der Waals surface area contributed by atoms with E-state index >= 15 is 0 Å². The van der Waals surface area contributed by atoms with Crippen LogP contribution in [0.5, 0.6) is 0 Å². The molecule has 32 heavy (non-hydrogen) atoms. The molecular weight excluding hydrogens is 402 g/mol. The van der Waals surface area contributed by atoms with Gasteiger partial charge in [0.15, 0.2) is 5.82 Å². The summed E-state index contributed by atoms with van der Waals surface area (Å²) < 4.78 is 5.45. The zero-order chi connectivity index (χ0) is 21.9. The average molecular weight is 434 g/mol. The fourth-order valence-corrected chi connectivity index (χ4v) is 4.97. The topological polar surface area (TPSA) is 75.4 Å². The van der Waals surface area contributed by atoms with Gasteiger partial charge in [0, 0.05) is 56.5 Å². The molecule has 1 saturated carbocycles. The summed E-state index contributed by atoms with van der Waals surface area (Å²) in [7, 11) is 0. The number of likely N-dealkylation sites (tertiary alicyclic amines) is 1. The predicted octanol–water partition coefficient (Wildman–Crippen LogP) is 3.94. The van der Waals surface area contributed by atoms with E-state index in [1.165, 1.54) is 17.4 Å². The predicted molar refractivity (Wildman–Crippen MR) is 122 cm³/mol. The molecule has 2 fully saturated rings. The second kappa shape index (κ2) is 9.36. The highest BCUT2D eigenvalue weighted by Crippen LogP contribution is 2.35. The maximum atomic E-state index is 12.5. The molecule has 7 heteroatoms. The first kappa shape index (κ1) is 21.1. The highest BCUT2D eigenvalue weighted by Gasteiger charge is 2.29. The van der Waals surface area contributed by atoms with Crippen molar-refractivity contribution in [3.8, 4) is 0 Å². The Bertz CT molecular complexity index is 1070. The Morgan fingerprint density at radius 2 is 2.06 bits per heavy atom. The molecule has 2 aliphatic rings. The van der Waals surface area contributed by atoms with Crippen LogP contribution in [-0.4, -0.2) is 56.5 Å². The van der Waals surface area contributed by atoms with Gasteiger partial charge in [-0.2, -0.15) is 4.98 Å². The minimum absolute atomic E-state index is 0.117. The Morgan fingerprint density at radius 3 is 2.88 bits per heavy atom. The number of piperidine rings is 1. The summed E-state index contributed by atoms with van der Waals surface area (Å²) in [6.45, 7) is 5.08. The number of carbonyl (C=O) groups is 1. The third-order valence-electron chi connectivity index (χ3n) is 6.95. The quantitative estimate of drug-likeness (QED) is 0.562. The molecule has 1 aromatic carbocycles. The van der Waals surface area contributed by atoms with E-state index in [9.17, 15) is 4.79 Å². The third-order valence-corrected chi connectivity index (χ3v) is 6.95. The van der Waals surface area contributed by atoms with Crippen molar-refractivity contribution in [2.24, 2.45) is 0 Å². The van der Waals surface area contributed by atoms with Crippen LogP contribution >= 0.6 is 0 Å². The number of hydrogen-bond donors (Lipinski definition) is 0. The monoisotopic (exact) mass is 433 g/mol. The van der Waals surface area contributed by atoms with Crippen molar-refractivity contribution >= 4 is 16.8 Å². The van der Waals surface area contributed by atoms with Crippen LogP contribution in [0.2, 0.25) is 0 Å². The van der Waals surface area contributed by atoms with Gasteiger partial charge in [0.25, 0.3) is 0 Å². The first-order valence-corrected chi connectivity index (χ1v) is 11.8. The minimum Gasteiger partial charge on any atom is -0.339 e. The molecular formula is C25H31N5O2. The minimum atomic E-state index is 0.117. The van der Waals surface area contributed by atoms with E-state index in [4.69, 9.17) is 4.52 Å². The van der Waals surface area contributed by atoms with E-state index in [-0.39, 0.29) is 11.9 Å². The number of amides is 1. The van der Waals surface area contributed by atoms with Crippen molar-refractivity contribution in [1.82, 2.24) is 24.9 Å². The van der Waals surface area contributed by atoms with Crippen molar-refractivity contribution in [1.29, 1.82) is 0 Å². The van der Waals surface area contributed by atoms with E-state index in [1.54, 1.807) is 6.92 Å². The molecule has 2 aromatic heterocycles. The first-order chi connectivity index (χ1) is 15.7. The van der Waals surface area contributed by atoms with Crippen LogP contribution in [0.1, 0.15) is 62.2 Å². The number of nitrogens with zero attached hydrogens (tertiary/aromatic N) is 5. The van der Waals surface area contributed by atoms with Crippen LogP contribution in [0.25, 0.3) is 10.9 Å². The summed E-state index contributed by atoms with van der Waals surface area (Å²) >= 11 is 0. The number of rotatable bonds is 7. The lowest BCUT2D eigenvalue weighted by Crippen LogP contribution is -2.50. The number of para-hydroxylation sites is 1. The molecule has 1 saturated heterocycles. The molecule has 5 rings (SSSR count). The Morgan fingerprint density at radius 1 is 1.19 bits per heavy atom. The van der Waals surface area contributed by atoms with Crippen LogP contribution < -0.4 is 0 Å². The van der Waals surface area contributed by atoms with Crippen LogP contribution in [0.4, 0.5) is 0 Å². The number of pyridine rings is 1. The van der Waals surface area contributed by atoms with Gasteiger partial charge in [0.05, 0.1) is 5.52 Å². The van der Waals surface area contributed by atoms with Crippen molar-refractivity contribution in [3.05, 3.63) is 53.8 Å². The summed E-state index contributed by atoms with van der Waals surface area (Å²) in [5.41, 5.74) is 2.31. The van der Waals surface area contributed by atoms with Crippen LogP contribution in [-0.2, 0) is 17.8 Å². The molecule has 0 radical (unpaired) electrons. The summed E-state index contributed by atoms with van der Waals surface area (Å²) in [5, 5.41) is 5.33. The second-order valence-electron chi connectivity index (χ2n) is 9.16. The molecule has 3 heterocycles. The SMILES string of the molecule is CC(=O)N(CCc1noc(C2CCC2)n1)C1CCCN(Cc2cccc3cccnc23)C1. The molecule has 1 amide bonds. The van der Waals surface area contributed by atoms with Gasteiger partial charge in [-0.1, -0.05) is 35.8 Å². The summed E-state index contributed by atoms with van der Waals surface area (Å²) in [6.07, 6.45) is 8.14. The van der Waals surface area contributed by atoms with E-state index < -0.39 is 0 Å². The van der Waals surface area contributed by atoms with Gasteiger partial charge in [-0.05, 0) is 43.9 Å². The van der Waals surface area contributed by atoms with Gasteiger partial charge < -0.3 is 9.42 Å². The average Bonchev–Trinajstić information content (AvgIpc) is 3.21. The molecule has 1 unspecified atom stereocenters. The molecule has 3 aromatic rings. The maximum Gasteiger partial charge on any atom is 0.229 e. The van der Waals surface area contributed by atoms with Crippen molar-refractivity contribution < 1.29 is 9.32 Å². The highest BCUT2D eigenvalue weighted by molar-refractivity contribution is 5.81. The van der Waals surface area contributed by atoms with Gasteiger partial charge in [0.1, 0.15) is 0 Å². The fraction of sp³-hybridized carbons (Fsp3) is 0.520. The van der Waals surface area contributed by atoms with Gasteiger partial charge in [-0.15, -0.1) is 0 Å². The summed E-state index contributed by atoms with van der Waals surface area (Å²) in [5.74, 6) is 2.04. The number of hydrogen-bond acceptors (Lipinski definition) is 6. The molecule has 1 aliphatic carbocycles. The van der Waals surface area contributed by atoms with Gasteiger partial charge in [-0.25, -0.2) is 0 Å². The van der Waals surface area contributed by atoms with Gasteiger partial charge in [-0.3, -0.25) is 14.7 Å². The van der Waals surface area contributed by atoms with E-state index in [2.05, 4.69) is 44.3 Å². The number of carbonyl (C=O) groups excluding carboxylic acids is 1. The van der Waals surface area contributed by atoms with E-state index in [1.807, 2.05) is 17.2 Å². The molecule has 0 spiro atoms. The molecule has 168 valence electrons. The smallest absolute Gasteiger partial charge is 0.229 e.